The molecule has 0 saturated heterocycles. The third-order valence-corrected chi connectivity index (χ3v) is 3.27. The first kappa shape index (κ1) is 14.5. The van der Waals surface area contributed by atoms with Crippen LogP contribution in [-0.2, 0) is 11.2 Å². The summed E-state index contributed by atoms with van der Waals surface area (Å²) < 4.78 is 0. The lowest BCUT2D eigenvalue weighted by Gasteiger charge is -2.06. The number of pyridine rings is 1. The van der Waals surface area contributed by atoms with Crippen LogP contribution in [0.4, 0.5) is 10.9 Å². The van der Waals surface area contributed by atoms with Crippen LogP contribution in [0.15, 0.2) is 23.6 Å². The van der Waals surface area contributed by atoms with Gasteiger partial charge in [-0.1, -0.05) is 6.07 Å². The minimum absolute atomic E-state index is 0.00877. The summed E-state index contributed by atoms with van der Waals surface area (Å²) in [6, 6.07) is 5.92. The van der Waals surface area contributed by atoms with Gasteiger partial charge in [0, 0.05) is 17.1 Å². The first-order valence-corrected chi connectivity index (χ1v) is 7.35. The number of carbonyl (C=O) groups excluding carboxylic acids is 1. The van der Waals surface area contributed by atoms with Crippen LogP contribution in [0.2, 0.25) is 0 Å². The molecule has 0 saturated carbocycles. The number of nitrogens with one attached hydrogen (secondary N) is 2. The second-order valence-corrected chi connectivity index (χ2v) is 5.69. The van der Waals surface area contributed by atoms with Gasteiger partial charge in [0.05, 0.1) is 12.1 Å². The molecule has 1 amide bonds. The molecule has 6 heteroatoms. The van der Waals surface area contributed by atoms with Gasteiger partial charge in [-0.05, 0) is 32.9 Å². The van der Waals surface area contributed by atoms with Crippen molar-refractivity contribution in [2.75, 3.05) is 5.32 Å². The fourth-order valence-corrected chi connectivity index (χ4v) is 2.42. The first-order chi connectivity index (χ1) is 9.52. The number of amides is 1. The summed E-state index contributed by atoms with van der Waals surface area (Å²) in [6.45, 7) is 5.82. The number of aryl methyl sites for hydroxylation is 1. The number of hydrogen-bond donors (Lipinski definition) is 2. The van der Waals surface area contributed by atoms with Crippen LogP contribution in [0.3, 0.4) is 0 Å². The zero-order valence-corrected chi connectivity index (χ0v) is 12.6. The fourth-order valence-electron chi connectivity index (χ4n) is 1.71. The lowest BCUT2D eigenvalue weighted by molar-refractivity contribution is -0.120. The van der Waals surface area contributed by atoms with Gasteiger partial charge in [0.15, 0.2) is 5.13 Å². The SMILES string of the molecule is Cc1cccc(Nc2nc(CC(=O)NC(C)C)cs2)n1. The van der Waals surface area contributed by atoms with E-state index in [0.717, 1.165) is 22.3 Å². The maximum Gasteiger partial charge on any atom is 0.226 e. The van der Waals surface area contributed by atoms with Crippen LogP contribution < -0.4 is 10.6 Å². The van der Waals surface area contributed by atoms with Gasteiger partial charge in [0.25, 0.3) is 0 Å². The highest BCUT2D eigenvalue weighted by Crippen LogP contribution is 2.20. The van der Waals surface area contributed by atoms with E-state index in [4.69, 9.17) is 0 Å². The van der Waals surface area contributed by atoms with Crippen molar-refractivity contribution in [3.05, 3.63) is 35.0 Å². The highest BCUT2D eigenvalue weighted by molar-refractivity contribution is 7.13. The molecule has 0 radical (unpaired) electrons. The molecule has 2 N–H and O–H groups in total. The fraction of sp³-hybridized carbons (Fsp3) is 0.357. The molecule has 0 aliphatic heterocycles. The summed E-state index contributed by atoms with van der Waals surface area (Å²) in [5.74, 6) is 0.753. The zero-order chi connectivity index (χ0) is 14.5. The minimum Gasteiger partial charge on any atom is -0.354 e. The normalized spacial score (nSPS) is 10.6. The van der Waals surface area contributed by atoms with E-state index in [1.165, 1.54) is 11.3 Å². The van der Waals surface area contributed by atoms with Crippen molar-refractivity contribution in [2.45, 2.75) is 33.2 Å². The molecule has 0 aliphatic rings. The lowest BCUT2D eigenvalue weighted by Crippen LogP contribution is -2.31. The van der Waals surface area contributed by atoms with Gasteiger partial charge in [-0.15, -0.1) is 11.3 Å². The van der Waals surface area contributed by atoms with Crippen LogP contribution in [0.5, 0.6) is 0 Å². The van der Waals surface area contributed by atoms with Crippen molar-refractivity contribution in [3.8, 4) is 0 Å². The molecule has 2 heterocycles. The van der Waals surface area contributed by atoms with Gasteiger partial charge < -0.3 is 10.6 Å². The Bertz CT molecular complexity index is 594. The van der Waals surface area contributed by atoms with Gasteiger partial charge in [-0.3, -0.25) is 4.79 Å². The summed E-state index contributed by atoms with van der Waals surface area (Å²) in [6.07, 6.45) is 0.303. The predicted octanol–water partition coefficient (Wildman–Crippen LogP) is 2.66. The molecule has 0 aliphatic carbocycles. The monoisotopic (exact) mass is 290 g/mol. The van der Waals surface area contributed by atoms with Crippen molar-refractivity contribution >= 4 is 28.2 Å². The molecule has 2 aromatic heterocycles. The van der Waals surface area contributed by atoms with Crippen molar-refractivity contribution in [1.29, 1.82) is 0 Å². The van der Waals surface area contributed by atoms with E-state index in [9.17, 15) is 4.79 Å². The number of aromatic nitrogens is 2. The molecule has 106 valence electrons. The van der Waals surface area contributed by atoms with Crippen LogP contribution in [0.1, 0.15) is 25.2 Å². The molecule has 2 aromatic rings. The molecule has 0 atom stereocenters. The van der Waals surface area contributed by atoms with E-state index in [-0.39, 0.29) is 11.9 Å². The Morgan fingerprint density at radius 2 is 2.15 bits per heavy atom. The summed E-state index contributed by atoms with van der Waals surface area (Å²) in [5, 5.41) is 8.63. The lowest BCUT2D eigenvalue weighted by atomic mass is 10.3. The number of nitrogens with zero attached hydrogens (tertiary/aromatic N) is 2. The summed E-state index contributed by atoms with van der Waals surface area (Å²) in [5.41, 5.74) is 1.71. The Kier molecular flexibility index (Phi) is 4.68. The highest BCUT2D eigenvalue weighted by atomic mass is 32.1. The van der Waals surface area contributed by atoms with E-state index in [0.29, 0.717) is 6.42 Å². The third kappa shape index (κ3) is 4.31. The maximum absolute atomic E-state index is 11.7. The quantitative estimate of drug-likeness (QED) is 0.888. The Labute approximate surface area is 122 Å². The van der Waals surface area contributed by atoms with E-state index in [1.54, 1.807) is 0 Å². The third-order valence-electron chi connectivity index (χ3n) is 2.47. The number of thiazole rings is 1. The average molecular weight is 290 g/mol. The smallest absolute Gasteiger partial charge is 0.226 e. The number of anilines is 2. The predicted molar refractivity (Wildman–Crippen MR) is 81.4 cm³/mol. The minimum atomic E-state index is -0.00877. The second-order valence-electron chi connectivity index (χ2n) is 4.83. The Morgan fingerprint density at radius 3 is 2.85 bits per heavy atom. The van der Waals surface area contributed by atoms with Crippen molar-refractivity contribution in [1.82, 2.24) is 15.3 Å². The molecule has 5 nitrogen and oxygen atoms in total. The van der Waals surface area contributed by atoms with Crippen LogP contribution in [0, 0.1) is 6.92 Å². The van der Waals surface area contributed by atoms with Gasteiger partial charge in [-0.25, -0.2) is 9.97 Å². The van der Waals surface area contributed by atoms with E-state index < -0.39 is 0 Å². The van der Waals surface area contributed by atoms with Crippen LogP contribution >= 0.6 is 11.3 Å². The van der Waals surface area contributed by atoms with Crippen LogP contribution in [0.25, 0.3) is 0 Å². The van der Waals surface area contributed by atoms with Gasteiger partial charge in [-0.2, -0.15) is 0 Å². The van der Waals surface area contributed by atoms with Gasteiger partial charge >= 0.3 is 0 Å². The number of rotatable bonds is 5. The largest absolute Gasteiger partial charge is 0.354 e. The standard InChI is InChI=1S/C14H18N4OS/c1-9(2)15-13(19)7-11-8-20-14(17-11)18-12-6-4-5-10(3)16-12/h4-6,8-9H,7H2,1-3H3,(H,15,19)(H,16,17,18). The topological polar surface area (TPSA) is 66.9 Å². The number of carbonyl (C=O) groups is 1. The molecule has 2 rings (SSSR count). The van der Waals surface area contributed by atoms with Crippen LogP contribution in [-0.4, -0.2) is 21.9 Å². The molecule has 0 aromatic carbocycles. The summed E-state index contributed by atoms with van der Waals surface area (Å²) in [7, 11) is 0. The van der Waals surface area contributed by atoms with Gasteiger partial charge in [0.2, 0.25) is 5.91 Å². The molecule has 0 spiro atoms. The van der Waals surface area contributed by atoms with E-state index >= 15 is 0 Å². The van der Waals surface area contributed by atoms with E-state index in [2.05, 4.69) is 20.6 Å². The Balaban J connectivity index is 1.97. The zero-order valence-electron chi connectivity index (χ0n) is 11.8. The molecule has 0 unspecified atom stereocenters. The summed E-state index contributed by atoms with van der Waals surface area (Å²) in [4.78, 5) is 20.4. The molecule has 0 bridgehead atoms. The number of hydrogen-bond acceptors (Lipinski definition) is 5. The molecular formula is C14H18N4OS. The maximum atomic E-state index is 11.7. The second kappa shape index (κ2) is 6.47. The van der Waals surface area contributed by atoms with Gasteiger partial charge in [0.1, 0.15) is 5.82 Å². The van der Waals surface area contributed by atoms with Crippen molar-refractivity contribution in [2.24, 2.45) is 0 Å². The summed E-state index contributed by atoms with van der Waals surface area (Å²) >= 11 is 1.47. The first-order valence-electron chi connectivity index (χ1n) is 6.47. The Morgan fingerprint density at radius 1 is 1.35 bits per heavy atom. The van der Waals surface area contributed by atoms with Crippen molar-refractivity contribution in [3.63, 3.8) is 0 Å². The van der Waals surface area contributed by atoms with Crippen molar-refractivity contribution < 1.29 is 4.79 Å². The Hall–Kier alpha value is -1.95. The molecular weight excluding hydrogens is 272 g/mol. The molecule has 20 heavy (non-hydrogen) atoms. The highest BCUT2D eigenvalue weighted by Gasteiger charge is 2.09. The van der Waals surface area contributed by atoms with E-state index in [1.807, 2.05) is 44.4 Å². The average Bonchev–Trinajstić information content (AvgIpc) is 2.75. The molecule has 0 fully saturated rings.